The Morgan fingerprint density at radius 3 is 2.59 bits per heavy atom. The fourth-order valence-corrected chi connectivity index (χ4v) is 3.80. The second-order valence-corrected chi connectivity index (χ2v) is 7.86. The number of hydrogen-bond donors (Lipinski definition) is 0. The van der Waals surface area contributed by atoms with Crippen molar-refractivity contribution in [2.45, 2.75) is 18.2 Å². The molecule has 4 rings (SSSR count). The van der Waals surface area contributed by atoms with Crippen LogP contribution in [0, 0.1) is 20.2 Å². The highest BCUT2D eigenvalue weighted by Gasteiger charge is 2.21. The standard InChI is InChI=1S/C21H15N3O7S/c1-2-7-32-21-10-15-20(11-17(21)25)31-19-9-13(4-5-14(19)22-15)30-18-6-3-12(23(26)27)8-16(18)24(28)29/h3-6,8-11H,2,7H2,1H3. The molecule has 162 valence electrons. The maximum atomic E-state index is 12.3. The van der Waals surface area contributed by atoms with E-state index in [1.807, 2.05) is 6.92 Å². The molecule has 0 saturated heterocycles. The van der Waals surface area contributed by atoms with Crippen molar-refractivity contribution in [3.8, 4) is 23.0 Å². The molecule has 2 aromatic rings. The van der Waals surface area contributed by atoms with Gasteiger partial charge in [-0.05, 0) is 36.4 Å². The van der Waals surface area contributed by atoms with Crippen LogP contribution in [-0.2, 0) is 0 Å². The summed E-state index contributed by atoms with van der Waals surface area (Å²) >= 11 is 1.47. The molecule has 0 bridgehead atoms. The summed E-state index contributed by atoms with van der Waals surface area (Å²) in [6.45, 7) is 2.03. The molecular formula is C21H15N3O7S. The molecule has 0 unspecified atom stereocenters. The van der Waals surface area contributed by atoms with Crippen molar-refractivity contribution in [3.05, 3.63) is 79.0 Å². The number of nitrogens with zero attached hydrogens (tertiary/aromatic N) is 3. The monoisotopic (exact) mass is 453 g/mol. The van der Waals surface area contributed by atoms with E-state index in [9.17, 15) is 25.0 Å². The van der Waals surface area contributed by atoms with E-state index in [0.717, 1.165) is 30.4 Å². The summed E-state index contributed by atoms with van der Waals surface area (Å²) in [6.07, 6.45) is 0.938. The fourth-order valence-electron chi connectivity index (χ4n) is 2.98. The Bertz CT molecular complexity index is 1390. The van der Waals surface area contributed by atoms with Crippen molar-refractivity contribution in [2.24, 2.45) is 0 Å². The second-order valence-electron chi connectivity index (χ2n) is 6.73. The Morgan fingerprint density at radius 1 is 1.06 bits per heavy atom. The van der Waals surface area contributed by atoms with Crippen LogP contribution < -0.4 is 10.2 Å². The number of hydrogen-bond acceptors (Lipinski definition) is 9. The Balaban J connectivity index is 1.72. The van der Waals surface area contributed by atoms with Gasteiger partial charge in [0.25, 0.3) is 5.69 Å². The van der Waals surface area contributed by atoms with Gasteiger partial charge in [0, 0.05) is 18.2 Å². The number of thioether (sulfide) groups is 1. The summed E-state index contributed by atoms with van der Waals surface area (Å²) in [5.74, 6) is 1.17. The fraction of sp³-hybridized carbons (Fsp3) is 0.143. The minimum atomic E-state index is -0.757. The van der Waals surface area contributed by atoms with Gasteiger partial charge in [0.05, 0.1) is 20.8 Å². The molecule has 2 aromatic carbocycles. The number of nitro groups is 2. The van der Waals surface area contributed by atoms with Gasteiger partial charge in [0.1, 0.15) is 17.0 Å². The van der Waals surface area contributed by atoms with Crippen LogP contribution in [0.4, 0.5) is 11.4 Å². The average Bonchev–Trinajstić information content (AvgIpc) is 2.76. The van der Waals surface area contributed by atoms with E-state index in [1.165, 1.54) is 23.9 Å². The third-order valence-corrected chi connectivity index (χ3v) is 5.70. The summed E-state index contributed by atoms with van der Waals surface area (Å²) in [4.78, 5) is 38.2. The van der Waals surface area contributed by atoms with E-state index < -0.39 is 21.2 Å². The topological polar surface area (TPSA) is 139 Å². The number of ether oxygens (including phenoxy) is 1. The van der Waals surface area contributed by atoms with Crippen molar-refractivity contribution in [2.75, 3.05) is 5.75 Å². The largest absolute Gasteiger partial charge is 0.453 e. The predicted molar refractivity (Wildman–Crippen MR) is 118 cm³/mol. The van der Waals surface area contributed by atoms with Crippen LogP contribution in [0.15, 0.2) is 62.6 Å². The van der Waals surface area contributed by atoms with E-state index in [4.69, 9.17) is 9.15 Å². The van der Waals surface area contributed by atoms with Crippen molar-refractivity contribution in [1.82, 2.24) is 4.98 Å². The predicted octanol–water partition coefficient (Wildman–Crippen LogP) is 5.40. The van der Waals surface area contributed by atoms with Gasteiger partial charge in [0.15, 0.2) is 16.8 Å². The second kappa shape index (κ2) is 8.63. The SMILES string of the molecule is CCCSc1cc2nc3ccc(Oc4ccc([N+](=O)[O-])cc4[N+](=O)[O-])cc3oc-2cc1=O. The van der Waals surface area contributed by atoms with E-state index in [2.05, 4.69) is 4.98 Å². The van der Waals surface area contributed by atoms with Crippen molar-refractivity contribution < 1.29 is 19.0 Å². The molecule has 0 aromatic heterocycles. The highest BCUT2D eigenvalue weighted by molar-refractivity contribution is 7.99. The normalized spacial score (nSPS) is 11.0. The lowest BCUT2D eigenvalue weighted by Gasteiger charge is -2.10. The van der Waals surface area contributed by atoms with Crippen LogP contribution >= 0.6 is 11.8 Å². The van der Waals surface area contributed by atoms with Gasteiger partial charge in [0.2, 0.25) is 5.75 Å². The van der Waals surface area contributed by atoms with Gasteiger partial charge in [-0.25, -0.2) is 4.98 Å². The Kier molecular flexibility index (Phi) is 5.73. The van der Waals surface area contributed by atoms with Gasteiger partial charge >= 0.3 is 5.69 Å². The molecule has 0 N–H and O–H groups in total. The lowest BCUT2D eigenvalue weighted by molar-refractivity contribution is -0.394. The molecule has 0 amide bonds. The first kappa shape index (κ1) is 21.2. The maximum Gasteiger partial charge on any atom is 0.318 e. The van der Waals surface area contributed by atoms with E-state index in [1.54, 1.807) is 18.2 Å². The smallest absolute Gasteiger partial charge is 0.318 e. The Labute approximate surface area is 184 Å². The summed E-state index contributed by atoms with van der Waals surface area (Å²) < 4.78 is 11.4. The zero-order valence-corrected chi connectivity index (χ0v) is 17.5. The number of non-ortho nitro benzene ring substituents is 1. The zero-order valence-electron chi connectivity index (χ0n) is 16.6. The molecular weight excluding hydrogens is 438 g/mol. The average molecular weight is 453 g/mol. The Hall–Kier alpha value is -3.99. The van der Waals surface area contributed by atoms with Gasteiger partial charge in [-0.3, -0.25) is 25.0 Å². The third kappa shape index (κ3) is 4.23. The molecule has 2 aliphatic rings. The summed E-state index contributed by atoms with van der Waals surface area (Å²) in [6, 6.07) is 10.9. The van der Waals surface area contributed by atoms with Gasteiger partial charge in [-0.2, -0.15) is 0 Å². The van der Waals surface area contributed by atoms with Crippen molar-refractivity contribution in [3.63, 3.8) is 0 Å². The van der Waals surface area contributed by atoms with E-state index >= 15 is 0 Å². The molecule has 0 spiro atoms. The molecule has 0 atom stereocenters. The van der Waals surface area contributed by atoms with Crippen LogP contribution in [0.1, 0.15) is 13.3 Å². The minimum absolute atomic E-state index is 0.158. The number of nitro benzene ring substituents is 2. The van der Waals surface area contributed by atoms with Crippen LogP contribution in [0.25, 0.3) is 22.6 Å². The van der Waals surface area contributed by atoms with Gasteiger partial charge in [-0.1, -0.05) is 6.92 Å². The van der Waals surface area contributed by atoms with Crippen LogP contribution in [0.2, 0.25) is 0 Å². The number of benzene rings is 3. The molecule has 32 heavy (non-hydrogen) atoms. The summed E-state index contributed by atoms with van der Waals surface area (Å²) in [5, 5.41) is 22.2. The van der Waals surface area contributed by atoms with E-state index in [-0.39, 0.29) is 16.9 Å². The van der Waals surface area contributed by atoms with Gasteiger partial charge in [-0.15, -0.1) is 11.8 Å². The lowest BCUT2D eigenvalue weighted by Crippen LogP contribution is -2.05. The highest BCUT2D eigenvalue weighted by atomic mass is 32.2. The number of aromatic nitrogens is 1. The molecule has 11 heteroatoms. The Morgan fingerprint density at radius 2 is 1.88 bits per heavy atom. The van der Waals surface area contributed by atoms with Gasteiger partial charge < -0.3 is 9.15 Å². The third-order valence-electron chi connectivity index (χ3n) is 4.46. The number of rotatable bonds is 7. The minimum Gasteiger partial charge on any atom is -0.453 e. The molecule has 0 radical (unpaired) electrons. The molecule has 1 aliphatic carbocycles. The molecule has 0 saturated carbocycles. The molecule has 10 nitrogen and oxygen atoms in total. The van der Waals surface area contributed by atoms with Crippen LogP contribution in [-0.4, -0.2) is 20.6 Å². The number of fused-ring (bicyclic) bond motifs is 2. The van der Waals surface area contributed by atoms with Crippen LogP contribution in [0.5, 0.6) is 11.5 Å². The lowest BCUT2D eigenvalue weighted by atomic mass is 10.2. The van der Waals surface area contributed by atoms with Crippen molar-refractivity contribution >= 4 is 34.2 Å². The first-order valence-electron chi connectivity index (χ1n) is 9.48. The maximum absolute atomic E-state index is 12.3. The van der Waals surface area contributed by atoms with Crippen LogP contribution in [0.3, 0.4) is 0 Å². The molecule has 1 heterocycles. The van der Waals surface area contributed by atoms with E-state index in [0.29, 0.717) is 27.4 Å². The highest BCUT2D eigenvalue weighted by Crippen LogP contribution is 2.36. The first-order chi connectivity index (χ1) is 15.4. The zero-order chi connectivity index (χ0) is 22.8. The van der Waals surface area contributed by atoms with Crippen molar-refractivity contribution in [1.29, 1.82) is 0 Å². The quantitative estimate of drug-likeness (QED) is 0.156. The molecule has 1 aliphatic heterocycles. The first-order valence-corrected chi connectivity index (χ1v) is 10.5. The summed E-state index contributed by atoms with van der Waals surface area (Å²) in [7, 11) is 0. The molecule has 0 fully saturated rings. The summed E-state index contributed by atoms with van der Waals surface area (Å²) in [5.41, 5.74) is 0.241.